The number of aliphatic hydroxyl groups excluding tert-OH is 1. The monoisotopic (exact) mass is 768 g/mol. The van der Waals surface area contributed by atoms with Crippen molar-refractivity contribution in [2.45, 2.75) is 105 Å². The first-order valence-electron chi connectivity index (χ1n) is 20.0. The highest BCUT2D eigenvalue weighted by atomic mass is 16.7. The minimum absolute atomic E-state index is 0.0180. The van der Waals surface area contributed by atoms with Gasteiger partial charge in [0.1, 0.15) is 6.61 Å². The van der Waals surface area contributed by atoms with E-state index in [4.69, 9.17) is 28.5 Å². The van der Waals surface area contributed by atoms with Crippen LogP contribution < -0.4 is 10.4 Å². The molecule has 6 rings (SSSR count). The van der Waals surface area contributed by atoms with Crippen molar-refractivity contribution in [1.29, 1.82) is 0 Å². The molecule has 2 fully saturated rings. The number of anilines is 1. The van der Waals surface area contributed by atoms with Crippen molar-refractivity contribution >= 4 is 35.3 Å². The zero-order valence-corrected chi connectivity index (χ0v) is 35.1. The van der Waals surface area contributed by atoms with Gasteiger partial charge in [0, 0.05) is 62.9 Å². The van der Waals surface area contributed by atoms with Gasteiger partial charge in [0.25, 0.3) is 0 Å². The second-order valence-corrected chi connectivity index (χ2v) is 17.3. The van der Waals surface area contributed by atoms with Crippen molar-refractivity contribution in [1.82, 2.24) is 14.5 Å². The van der Waals surface area contributed by atoms with Crippen molar-refractivity contribution < 1.29 is 33.4 Å². The molecule has 0 spiro atoms. The van der Waals surface area contributed by atoms with Crippen LogP contribution in [0.1, 0.15) is 85.2 Å². The molecule has 0 unspecified atom stereocenters. The fourth-order valence-electron chi connectivity index (χ4n) is 7.42. The summed E-state index contributed by atoms with van der Waals surface area (Å²) < 4.78 is 33.2. The molecule has 1 N–H and O–H groups in total. The van der Waals surface area contributed by atoms with Crippen molar-refractivity contribution in [2.24, 2.45) is 5.41 Å². The number of methoxy groups -OCH3 is 1. The second kappa shape index (κ2) is 16.9. The summed E-state index contributed by atoms with van der Waals surface area (Å²) in [4.78, 5) is 22.2. The third-order valence-corrected chi connectivity index (χ3v) is 11.6. The van der Waals surface area contributed by atoms with E-state index in [2.05, 4.69) is 89.1 Å². The number of aliphatic hydroxyl groups is 1. The number of aromatic nitrogens is 2. The molecule has 4 heterocycles. The normalized spacial score (nSPS) is 17.6. The van der Waals surface area contributed by atoms with Gasteiger partial charge in [-0.05, 0) is 89.0 Å². The number of fused-ring (bicyclic) bond motifs is 1. The maximum Gasteiger partial charge on any atom is 0.494 e. The zero-order valence-electron chi connectivity index (χ0n) is 35.1. The third kappa shape index (κ3) is 8.95. The van der Waals surface area contributed by atoms with Crippen molar-refractivity contribution in [2.75, 3.05) is 51.4 Å². The summed E-state index contributed by atoms with van der Waals surface area (Å²) in [6, 6.07) is 18.4. The number of pyridine rings is 1. The Kier molecular flexibility index (Phi) is 12.6. The summed E-state index contributed by atoms with van der Waals surface area (Å²) in [6.45, 7) is 22.3. The van der Waals surface area contributed by atoms with Crippen LogP contribution in [0.2, 0.25) is 0 Å². The van der Waals surface area contributed by atoms with E-state index in [9.17, 15) is 9.90 Å². The highest BCUT2D eigenvalue weighted by molar-refractivity contribution is 6.62. The van der Waals surface area contributed by atoms with Gasteiger partial charge in [-0.25, -0.2) is 4.79 Å². The number of hydrogen-bond donors (Lipinski definition) is 1. The quantitative estimate of drug-likeness (QED) is 0.134. The van der Waals surface area contributed by atoms with Crippen LogP contribution in [-0.4, -0.2) is 96.6 Å². The van der Waals surface area contributed by atoms with Gasteiger partial charge in [-0.1, -0.05) is 56.3 Å². The molecule has 2 aliphatic heterocycles. The molecule has 12 heteroatoms. The standard InChI is InChI=1S/C44H61BN4O7/c1-30(2)53-23-22-49-38-17-16-33(45-55-43(6,7)44(8,9)56-45)24-35(38)37(26-42(4,5)29-50)40(49)36-25-34(27-46-39(36)31(3)52-10)47-18-20-48(21-19-47)41(51)54-28-32-14-12-11-13-15-32/h11-17,24-25,27,30-31,50H,18-23,26,28-29H2,1-10H3/t31-/m0/s1. The molecule has 2 aromatic carbocycles. The number of piperazine rings is 1. The lowest BCUT2D eigenvalue weighted by Gasteiger charge is -2.35. The number of carbonyl (C=O) groups excluding carboxylic acids is 1. The minimum atomic E-state index is -0.525. The van der Waals surface area contributed by atoms with Gasteiger partial charge < -0.3 is 43.0 Å². The first-order chi connectivity index (χ1) is 26.5. The van der Waals surface area contributed by atoms with Gasteiger partial charge in [-0.3, -0.25) is 4.98 Å². The summed E-state index contributed by atoms with van der Waals surface area (Å²) in [5.74, 6) is 0. The Morgan fingerprint density at radius 1 is 0.982 bits per heavy atom. The SMILES string of the molecule is CO[C@@H](C)c1ncc(N2CCN(C(=O)OCc3ccccc3)CC2)cc1-c1c(CC(C)(C)CO)c2cc(B3OC(C)(C)C(C)(C)O3)ccc2n1CCOC(C)C. The largest absolute Gasteiger partial charge is 0.494 e. The molecule has 0 bridgehead atoms. The first-order valence-corrected chi connectivity index (χ1v) is 20.0. The Morgan fingerprint density at radius 3 is 2.29 bits per heavy atom. The molecule has 0 saturated carbocycles. The molecule has 0 radical (unpaired) electrons. The number of amides is 1. The molecule has 11 nitrogen and oxygen atoms in total. The van der Waals surface area contributed by atoms with Crippen LogP contribution in [0.5, 0.6) is 0 Å². The summed E-state index contributed by atoms with van der Waals surface area (Å²) in [6.07, 6.45) is 2.00. The lowest BCUT2D eigenvalue weighted by Crippen LogP contribution is -2.49. The minimum Gasteiger partial charge on any atom is -0.445 e. The average molecular weight is 769 g/mol. The number of benzene rings is 2. The molecule has 2 aliphatic rings. The summed E-state index contributed by atoms with van der Waals surface area (Å²) in [5.41, 5.74) is 6.45. The Bertz CT molecular complexity index is 1950. The van der Waals surface area contributed by atoms with Gasteiger partial charge in [-0.15, -0.1) is 0 Å². The molecule has 0 aliphatic carbocycles. The van der Waals surface area contributed by atoms with E-state index in [1.807, 2.05) is 43.5 Å². The van der Waals surface area contributed by atoms with Gasteiger partial charge in [0.15, 0.2) is 0 Å². The van der Waals surface area contributed by atoms with Crippen molar-refractivity contribution in [3.63, 3.8) is 0 Å². The lowest BCUT2D eigenvalue weighted by molar-refractivity contribution is 0.00578. The van der Waals surface area contributed by atoms with Crippen LogP contribution in [0.4, 0.5) is 10.5 Å². The van der Waals surface area contributed by atoms with Gasteiger partial charge >= 0.3 is 13.2 Å². The van der Waals surface area contributed by atoms with E-state index >= 15 is 0 Å². The lowest BCUT2D eigenvalue weighted by atomic mass is 9.77. The van der Waals surface area contributed by atoms with Crippen molar-refractivity contribution in [3.8, 4) is 11.3 Å². The van der Waals surface area contributed by atoms with E-state index in [1.165, 1.54) is 0 Å². The van der Waals surface area contributed by atoms with E-state index in [0.29, 0.717) is 45.8 Å². The molecule has 302 valence electrons. The second-order valence-electron chi connectivity index (χ2n) is 17.3. The van der Waals surface area contributed by atoms with Crippen LogP contribution in [0, 0.1) is 5.41 Å². The molecule has 56 heavy (non-hydrogen) atoms. The number of ether oxygens (including phenoxy) is 3. The fraction of sp³-hybridized carbons (Fsp3) is 0.545. The molecule has 2 saturated heterocycles. The average Bonchev–Trinajstić information content (AvgIpc) is 3.59. The van der Waals surface area contributed by atoms with Gasteiger partial charge in [-0.2, -0.15) is 0 Å². The molecular formula is C44H61BN4O7. The maximum absolute atomic E-state index is 13.0. The van der Waals surface area contributed by atoms with Crippen LogP contribution >= 0.6 is 0 Å². The Morgan fingerprint density at radius 2 is 1.66 bits per heavy atom. The zero-order chi connectivity index (χ0) is 40.4. The molecular weight excluding hydrogens is 707 g/mol. The number of rotatable bonds is 14. The van der Waals surface area contributed by atoms with E-state index in [0.717, 1.165) is 50.1 Å². The smallest absolute Gasteiger partial charge is 0.445 e. The van der Waals surface area contributed by atoms with E-state index < -0.39 is 23.7 Å². The predicted octanol–water partition coefficient (Wildman–Crippen LogP) is 7.15. The number of carbonyl (C=O) groups is 1. The summed E-state index contributed by atoms with van der Waals surface area (Å²) in [7, 11) is 1.18. The van der Waals surface area contributed by atoms with Gasteiger partial charge in [0.05, 0.1) is 53.3 Å². The van der Waals surface area contributed by atoms with Crippen molar-refractivity contribution in [3.05, 3.63) is 77.6 Å². The Balaban J connectivity index is 1.42. The van der Waals surface area contributed by atoms with Crippen LogP contribution in [0.15, 0.2) is 60.8 Å². The van der Waals surface area contributed by atoms with Crippen LogP contribution in [0.25, 0.3) is 22.2 Å². The van der Waals surface area contributed by atoms with Crippen LogP contribution in [0.3, 0.4) is 0 Å². The third-order valence-electron chi connectivity index (χ3n) is 11.6. The van der Waals surface area contributed by atoms with E-state index in [-0.39, 0.29) is 31.5 Å². The molecule has 1 atom stereocenters. The predicted molar refractivity (Wildman–Crippen MR) is 222 cm³/mol. The van der Waals surface area contributed by atoms with Crippen LogP contribution in [-0.2, 0) is 43.1 Å². The summed E-state index contributed by atoms with van der Waals surface area (Å²) in [5, 5.41) is 11.7. The Labute approximate surface area is 333 Å². The Hall–Kier alpha value is -3.94. The fourth-order valence-corrected chi connectivity index (χ4v) is 7.42. The number of hydrogen-bond acceptors (Lipinski definition) is 9. The van der Waals surface area contributed by atoms with E-state index in [1.54, 1.807) is 12.0 Å². The topological polar surface area (TPSA) is 108 Å². The highest BCUT2D eigenvalue weighted by Gasteiger charge is 2.51. The molecule has 1 amide bonds. The van der Waals surface area contributed by atoms with Gasteiger partial charge in [0.2, 0.25) is 0 Å². The highest BCUT2D eigenvalue weighted by Crippen LogP contribution is 2.42. The molecule has 2 aromatic heterocycles. The maximum atomic E-state index is 13.0. The first kappa shape index (κ1) is 41.7. The number of nitrogens with zero attached hydrogens (tertiary/aromatic N) is 4. The molecule has 4 aromatic rings. The summed E-state index contributed by atoms with van der Waals surface area (Å²) >= 11 is 0.